The summed E-state index contributed by atoms with van der Waals surface area (Å²) < 4.78 is 11.4. The zero-order chi connectivity index (χ0) is 20.8. The summed E-state index contributed by atoms with van der Waals surface area (Å²) in [5, 5.41) is 3.32. The van der Waals surface area contributed by atoms with E-state index in [-0.39, 0.29) is 25.2 Å². The number of nitrogens with one attached hydrogen (secondary N) is 1. The summed E-state index contributed by atoms with van der Waals surface area (Å²) in [6.45, 7) is 3.05. The highest BCUT2D eigenvalue weighted by molar-refractivity contribution is 5.97. The fourth-order valence-electron chi connectivity index (χ4n) is 3.72. The van der Waals surface area contributed by atoms with Crippen molar-refractivity contribution in [2.75, 3.05) is 37.6 Å². The van der Waals surface area contributed by atoms with Crippen molar-refractivity contribution in [1.82, 2.24) is 10.2 Å². The van der Waals surface area contributed by atoms with Crippen molar-refractivity contribution in [3.05, 3.63) is 60.2 Å². The topological polar surface area (TPSA) is 71.1 Å². The Morgan fingerprint density at radius 1 is 1.00 bits per heavy atom. The van der Waals surface area contributed by atoms with Crippen molar-refractivity contribution in [2.24, 2.45) is 0 Å². The highest BCUT2D eigenvalue weighted by atomic mass is 16.6. The van der Waals surface area contributed by atoms with Crippen LogP contribution < -0.4 is 15.0 Å². The Kier molecular flexibility index (Phi) is 6.49. The second-order valence-corrected chi connectivity index (χ2v) is 7.57. The standard InChI is InChI=1S/C23H27N3O4/c27-22-16-25(23(28)29-17-18-4-2-1-3-5-18)14-15-26(22)19-6-8-20(9-7-19)30-21-10-12-24-13-11-21/h1-9,21,24H,10-17H2. The van der Waals surface area contributed by atoms with Gasteiger partial charge in [0.05, 0.1) is 0 Å². The van der Waals surface area contributed by atoms with Gasteiger partial charge < -0.3 is 19.7 Å². The lowest BCUT2D eigenvalue weighted by Gasteiger charge is -2.33. The second kappa shape index (κ2) is 9.63. The van der Waals surface area contributed by atoms with E-state index >= 15 is 0 Å². The number of benzene rings is 2. The first kappa shape index (κ1) is 20.2. The minimum absolute atomic E-state index is 0.0148. The number of hydrogen-bond donors (Lipinski definition) is 1. The largest absolute Gasteiger partial charge is 0.490 e. The monoisotopic (exact) mass is 409 g/mol. The van der Waals surface area contributed by atoms with E-state index in [1.54, 1.807) is 4.90 Å². The van der Waals surface area contributed by atoms with Gasteiger partial charge in [-0.05, 0) is 55.8 Å². The van der Waals surface area contributed by atoms with Crippen LogP contribution >= 0.6 is 0 Å². The number of piperazine rings is 1. The maximum Gasteiger partial charge on any atom is 0.410 e. The van der Waals surface area contributed by atoms with Gasteiger partial charge in [0, 0.05) is 18.8 Å². The Labute approximate surface area is 176 Å². The van der Waals surface area contributed by atoms with Crippen molar-refractivity contribution in [3.63, 3.8) is 0 Å². The zero-order valence-corrected chi connectivity index (χ0v) is 17.0. The van der Waals surface area contributed by atoms with Gasteiger partial charge in [0.25, 0.3) is 0 Å². The van der Waals surface area contributed by atoms with Gasteiger partial charge in [0.1, 0.15) is 25.0 Å². The second-order valence-electron chi connectivity index (χ2n) is 7.57. The normalized spacial score (nSPS) is 17.7. The summed E-state index contributed by atoms with van der Waals surface area (Å²) in [5.41, 5.74) is 1.73. The van der Waals surface area contributed by atoms with Crippen LogP contribution in [-0.2, 0) is 16.1 Å². The summed E-state index contributed by atoms with van der Waals surface area (Å²) in [7, 11) is 0. The quantitative estimate of drug-likeness (QED) is 0.822. The van der Waals surface area contributed by atoms with E-state index in [4.69, 9.17) is 9.47 Å². The molecule has 30 heavy (non-hydrogen) atoms. The van der Waals surface area contributed by atoms with Crippen molar-refractivity contribution >= 4 is 17.7 Å². The maximum absolute atomic E-state index is 12.6. The van der Waals surface area contributed by atoms with Gasteiger partial charge in [-0.15, -0.1) is 0 Å². The molecule has 7 nitrogen and oxygen atoms in total. The minimum atomic E-state index is -0.461. The lowest BCUT2D eigenvalue weighted by molar-refractivity contribution is -0.120. The van der Waals surface area contributed by atoms with E-state index in [1.165, 1.54) is 4.90 Å². The molecule has 158 valence electrons. The summed E-state index contributed by atoms with van der Waals surface area (Å²) in [6.07, 6.45) is 1.78. The Morgan fingerprint density at radius 3 is 2.43 bits per heavy atom. The van der Waals surface area contributed by atoms with Crippen molar-refractivity contribution in [3.8, 4) is 5.75 Å². The average Bonchev–Trinajstić information content (AvgIpc) is 2.79. The van der Waals surface area contributed by atoms with Crippen LogP contribution in [0.25, 0.3) is 0 Å². The van der Waals surface area contributed by atoms with Crippen molar-refractivity contribution in [1.29, 1.82) is 0 Å². The van der Waals surface area contributed by atoms with Gasteiger partial charge in [-0.2, -0.15) is 0 Å². The summed E-state index contributed by atoms with van der Waals surface area (Å²) in [5.74, 6) is 0.700. The fourth-order valence-corrected chi connectivity index (χ4v) is 3.72. The molecule has 0 aromatic heterocycles. The third-order valence-corrected chi connectivity index (χ3v) is 5.42. The fraction of sp³-hybridized carbons (Fsp3) is 0.391. The van der Waals surface area contributed by atoms with Gasteiger partial charge in [-0.3, -0.25) is 9.69 Å². The van der Waals surface area contributed by atoms with Crippen LogP contribution in [-0.4, -0.2) is 55.7 Å². The van der Waals surface area contributed by atoms with Gasteiger partial charge >= 0.3 is 6.09 Å². The Balaban J connectivity index is 1.28. The first-order chi connectivity index (χ1) is 14.7. The summed E-state index contributed by atoms with van der Waals surface area (Å²) in [4.78, 5) is 28.1. The number of amides is 2. The molecule has 7 heteroatoms. The number of nitrogens with zero attached hydrogens (tertiary/aromatic N) is 2. The average molecular weight is 409 g/mol. The molecule has 0 bridgehead atoms. The van der Waals surface area contributed by atoms with Gasteiger partial charge in [-0.25, -0.2) is 4.79 Å². The minimum Gasteiger partial charge on any atom is -0.490 e. The Bertz CT molecular complexity index is 851. The predicted octanol–water partition coefficient (Wildman–Crippen LogP) is 2.80. The van der Waals surface area contributed by atoms with Crippen LogP contribution in [0, 0.1) is 0 Å². The van der Waals surface area contributed by atoms with E-state index in [2.05, 4.69) is 5.32 Å². The molecule has 2 aliphatic rings. The highest BCUT2D eigenvalue weighted by Crippen LogP contribution is 2.23. The number of piperidine rings is 1. The molecule has 0 saturated carbocycles. The zero-order valence-electron chi connectivity index (χ0n) is 17.0. The number of rotatable bonds is 5. The lowest BCUT2D eigenvalue weighted by Crippen LogP contribution is -2.52. The van der Waals surface area contributed by atoms with Crippen LogP contribution in [0.4, 0.5) is 10.5 Å². The van der Waals surface area contributed by atoms with E-state index in [9.17, 15) is 9.59 Å². The molecular weight excluding hydrogens is 382 g/mol. The van der Waals surface area contributed by atoms with E-state index in [1.807, 2.05) is 54.6 Å². The van der Waals surface area contributed by atoms with Crippen LogP contribution in [0.15, 0.2) is 54.6 Å². The predicted molar refractivity (Wildman–Crippen MR) is 114 cm³/mol. The third kappa shape index (κ3) is 5.10. The molecule has 2 aromatic carbocycles. The number of ether oxygens (including phenoxy) is 2. The third-order valence-electron chi connectivity index (χ3n) is 5.42. The Hall–Kier alpha value is -3.06. The molecule has 0 aliphatic carbocycles. The molecule has 2 heterocycles. The first-order valence-corrected chi connectivity index (χ1v) is 10.4. The number of carbonyl (C=O) groups excluding carboxylic acids is 2. The van der Waals surface area contributed by atoms with Crippen molar-refractivity contribution in [2.45, 2.75) is 25.6 Å². The summed E-state index contributed by atoms with van der Waals surface area (Å²) >= 11 is 0. The van der Waals surface area contributed by atoms with Crippen LogP contribution in [0.3, 0.4) is 0 Å². The molecule has 0 atom stereocenters. The smallest absolute Gasteiger partial charge is 0.410 e. The number of hydrogen-bond acceptors (Lipinski definition) is 5. The Morgan fingerprint density at radius 2 is 1.73 bits per heavy atom. The highest BCUT2D eigenvalue weighted by Gasteiger charge is 2.29. The first-order valence-electron chi connectivity index (χ1n) is 10.4. The van der Waals surface area contributed by atoms with Crippen LogP contribution in [0.1, 0.15) is 18.4 Å². The number of anilines is 1. The van der Waals surface area contributed by atoms with Gasteiger partial charge in [0.2, 0.25) is 5.91 Å². The molecule has 2 saturated heterocycles. The van der Waals surface area contributed by atoms with E-state index in [0.717, 1.165) is 42.9 Å². The molecule has 0 spiro atoms. The van der Waals surface area contributed by atoms with E-state index in [0.29, 0.717) is 13.1 Å². The molecule has 2 aromatic rings. The molecule has 0 radical (unpaired) electrons. The molecule has 1 N–H and O–H groups in total. The molecule has 2 amide bonds. The molecular formula is C23H27N3O4. The molecule has 2 fully saturated rings. The molecule has 2 aliphatic heterocycles. The SMILES string of the molecule is O=C(OCc1ccccc1)N1CCN(c2ccc(OC3CCNCC3)cc2)C(=O)C1. The molecule has 0 unspecified atom stereocenters. The lowest BCUT2D eigenvalue weighted by atomic mass is 10.1. The molecule has 4 rings (SSSR count). The maximum atomic E-state index is 12.6. The summed E-state index contributed by atoms with van der Waals surface area (Å²) in [6, 6.07) is 17.1. The van der Waals surface area contributed by atoms with E-state index < -0.39 is 6.09 Å². The van der Waals surface area contributed by atoms with Gasteiger partial charge in [0.15, 0.2) is 0 Å². The number of carbonyl (C=O) groups is 2. The van der Waals surface area contributed by atoms with Crippen LogP contribution in [0.2, 0.25) is 0 Å². The van der Waals surface area contributed by atoms with Crippen molar-refractivity contribution < 1.29 is 19.1 Å². The van der Waals surface area contributed by atoms with Crippen LogP contribution in [0.5, 0.6) is 5.75 Å². The van der Waals surface area contributed by atoms with Gasteiger partial charge in [-0.1, -0.05) is 30.3 Å².